The molecule has 3 aromatic rings. The van der Waals surface area contributed by atoms with Crippen molar-refractivity contribution in [3.63, 3.8) is 0 Å². The topological polar surface area (TPSA) is 19.4 Å². The fourth-order valence-electron chi connectivity index (χ4n) is 2.76. The minimum absolute atomic E-state index is 0.963. The molecule has 0 N–H and O–H groups in total. The Bertz CT molecular complexity index is 732. The van der Waals surface area contributed by atoms with Crippen LogP contribution in [0.1, 0.15) is 11.1 Å². The molecular weight excluding hydrogens is 302 g/mol. The maximum atomic E-state index is 4.23. The zero-order chi connectivity index (χ0) is 16.1. The molecule has 0 aliphatic heterocycles. The second kappa shape index (κ2) is 7.68. The van der Waals surface area contributed by atoms with E-state index in [0.29, 0.717) is 0 Å². The van der Waals surface area contributed by atoms with Crippen molar-refractivity contribution in [2.75, 3.05) is 27.2 Å². The zero-order valence-corrected chi connectivity index (χ0v) is 14.6. The van der Waals surface area contributed by atoms with Gasteiger partial charge < -0.3 is 4.90 Å². The molecule has 0 aliphatic carbocycles. The van der Waals surface area contributed by atoms with Crippen molar-refractivity contribution in [1.29, 1.82) is 0 Å². The summed E-state index contributed by atoms with van der Waals surface area (Å²) in [7, 11) is 4.26. The largest absolute Gasteiger partial charge is 0.308 e. The molecule has 0 bridgehead atoms. The fourth-order valence-corrected chi connectivity index (χ4v) is 3.42. The highest BCUT2D eigenvalue weighted by Gasteiger charge is 2.10. The Morgan fingerprint density at radius 3 is 2.74 bits per heavy atom. The fraction of sp³-hybridized carbons (Fsp3) is 0.316. The van der Waals surface area contributed by atoms with E-state index in [2.05, 4.69) is 70.0 Å². The molecule has 2 aromatic heterocycles. The summed E-state index contributed by atoms with van der Waals surface area (Å²) in [6, 6.07) is 10.8. The Morgan fingerprint density at radius 1 is 1.04 bits per heavy atom. The predicted molar refractivity (Wildman–Crippen MR) is 98.7 cm³/mol. The highest BCUT2D eigenvalue weighted by atomic mass is 32.1. The second-order valence-electron chi connectivity index (χ2n) is 6.16. The van der Waals surface area contributed by atoms with Crippen molar-refractivity contribution in [1.82, 2.24) is 14.8 Å². The standard InChI is InChI=1S/C19H23N3S/c1-21(2)9-10-22(13-16-7-11-23-15-16)14-18-5-3-4-17-12-20-8-6-19(17)18/h3-8,11-12,15H,9-10,13-14H2,1-2H3. The Labute approximate surface area is 142 Å². The summed E-state index contributed by atoms with van der Waals surface area (Å²) in [6.45, 7) is 4.09. The molecule has 0 unspecified atom stereocenters. The monoisotopic (exact) mass is 325 g/mol. The van der Waals surface area contributed by atoms with Crippen molar-refractivity contribution in [2.24, 2.45) is 0 Å². The van der Waals surface area contributed by atoms with Gasteiger partial charge in [-0.05, 0) is 53.5 Å². The lowest BCUT2D eigenvalue weighted by molar-refractivity contribution is 0.227. The number of pyridine rings is 1. The first-order valence-electron chi connectivity index (χ1n) is 7.92. The van der Waals surface area contributed by atoms with Gasteiger partial charge in [0.15, 0.2) is 0 Å². The van der Waals surface area contributed by atoms with Gasteiger partial charge in [0, 0.05) is 44.0 Å². The van der Waals surface area contributed by atoms with E-state index in [-0.39, 0.29) is 0 Å². The summed E-state index contributed by atoms with van der Waals surface area (Å²) in [5, 5.41) is 6.93. The van der Waals surface area contributed by atoms with Crippen LogP contribution in [0, 0.1) is 0 Å². The smallest absolute Gasteiger partial charge is 0.0346 e. The van der Waals surface area contributed by atoms with Gasteiger partial charge in [-0.2, -0.15) is 11.3 Å². The summed E-state index contributed by atoms with van der Waals surface area (Å²) in [5.41, 5.74) is 2.77. The van der Waals surface area contributed by atoms with Crippen molar-refractivity contribution in [2.45, 2.75) is 13.1 Å². The van der Waals surface area contributed by atoms with Crippen LogP contribution in [0.4, 0.5) is 0 Å². The molecule has 0 spiro atoms. The Balaban J connectivity index is 1.81. The minimum Gasteiger partial charge on any atom is -0.308 e. The summed E-state index contributed by atoms with van der Waals surface area (Å²) in [4.78, 5) is 9.00. The molecule has 3 rings (SSSR count). The molecule has 3 nitrogen and oxygen atoms in total. The van der Waals surface area contributed by atoms with Crippen LogP contribution in [-0.2, 0) is 13.1 Å². The van der Waals surface area contributed by atoms with Crippen LogP contribution in [0.2, 0.25) is 0 Å². The molecule has 0 saturated carbocycles. The molecule has 0 amide bonds. The summed E-state index contributed by atoms with van der Waals surface area (Å²) < 4.78 is 0. The third kappa shape index (κ3) is 4.38. The highest BCUT2D eigenvalue weighted by Crippen LogP contribution is 2.20. The van der Waals surface area contributed by atoms with Crippen molar-refractivity contribution in [3.8, 4) is 0 Å². The van der Waals surface area contributed by atoms with Crippen LogP contribution in [-0.4, -0.2) is 42.0 Å². The van der Waals surface area contributed by atoms with Gasteiger partial charge in [0.2, 0.25) is 0 Å². The third-order valence-corrected chi connectivity index (χ3v) is 4.75. The molecule has 0 aliphatic rings. The van der Waals surface area contributed by atoms with Crippen LogP contribution in [0.25, 0.3) is 10.8 Å². The summed E-state index contributed by atoms with van der Waals surface area (Å²) in [6.07, 6.45) is 3.83. The lowest BCUT2D eigenvalue weighted by Gasteiger charge is -2.24. The highest BCUT2D eigenvalue weighted by molar-refractivity contribution is 7.07. The predicted octanol–water partition coefficient (Wildman–Crippen LogP) is 3.86. The minimum atomic E-state index is 0.963. The zero-order valence-electron chi connectivity index (χ0n) is 13.8. The third-order valence-electron chi connectivity index (χ3n) is 4.01. The van der Waals surface area contributed by atoms with Crippen molar-refractivity contribution >= 4 is 22.1 Å². The Kier molecular flexibility index (Phi) is 5.39. The molecule has 0 radical (unpaired) electrons. The molecule has 2 heterocycles. The van der Waals surface area contributed by atoms with Crippen LogP contribution in [0.15, 0.2) is 53.5 Å². The van der Waals surface area contributed by atoms with E-state index in [1.54, 1.807) is 11.3 Å². The van der Waals surface area contributed by atoms with E-state index in [1.165, 1.54) is 21.9 Å². The van der Waals surface area contributed by atoms with E-state index in [0.717, 1.165) is 26.2 Å². The molecule has 23 heavy (non-hydrogen) atoms. The molecule has 0 fully saturated rings. The Morgan fingerprint density at radius 2 is 1.96 bits per heavy atom. The van der Waals surface area contributed by atoms with E-state index < -0.39 is 0 Å². The number of thiophene rings is 1. The van der Waals surface area contributed by atoms with Crippen LogP contribution in [0.5, 0.6) is 0 Å². The van der Waals surface area contributed by atoms with Gasteiger partial charge in [-0.1, -0.05) is 18.2 Å². The molecule has 0 saturated heterocycles. The molecular formula is C19H23N3S. The number of nitrogens with zero attached hydrogens (tertiary/aromatic N) is 3. The molecule has 120 valence electrons. The second-order valence-corrected chi connectivity index (χ2v) is 6.94. The Hall–Kier alpha value is -1.75. The first-order chi connectivity index (χ1) is 11.2. The van der Waals surface area contributed by atoms with Gasteiger partial charge in [0.25, 0.3) is 0 Å². The first kappa shape index (κ1) is 16.1. The summed E-state index contributed by atoms with van der Waals surface area (Å²) >= 11 is 1.77. The van der Waals surface area contributed by atoms with E-state index in [4.69, 9.17) is 0 Å². The average Bonchev–Trinajstić information content (AvgIpc) is 3.06. The van der Waals surface area contributed by atoms with Crippen LogP contribution < -0.4 is 0 Å². The number of fused-ring (bicyclic) bond motifs is 1. The normalized spacial score (nSPS) is 11.7. The van der Waals surface area contributed by atoms with Gasteiger partial charge in [-0.3, -0.25) is 9.88 Å². The number of rotatable bonds is 7. The van der Waals surface area contributed by atoms with Gasteiger partial charge in [0.1, 0.15) is 0 Å². The van der Waals surface area contributed by atoms with Gasteiger partial charge in [-0.15, -0.1) is 0 Å². The summed E-state index contributed by atoms with van der Waals surface area (Å²) in [5.74, 6) is 0. The average molecular weight is 325 g/mol. The maximum Gasteiger partial charge on any atom is 0.0346 e. The molecule has 4 heteroatoms. The number of likely N-dealkylation sites (N-methyl/N-ethyl adjacent to an activating group) is 1. The lowest BCUT2D eigenvalue weighted by Crippen LogP contribution is -2.31. The number of aromatic nitrogens is 1. The molecule has 0 atom stereocenters. The van der Waals surface area contributed by atoms with E-state index >= 15 is 0 Å². The van der Waals surface area contributed by atoms with Crippen molar-refractivity contribution < 1.29 is 0 Å². The van der Waals surface area contributed by atoms with Crippen LogP contribution >= 0.6 is 11.3 Å². The maximum absolute atomic E-state index is 4.23. The van der Waals surface area contributed by atoms with Crippen LogP contribution in [0.3, 0.4) is 0 Å². The van der Waals surface area contributed by atoms with Crippen molar-refractivity contribution in [3.05, 3.63) is 64.6 Å². The van der Waals surface area contributed by atoms with Gasteiger partial charge in [-0.25, -0.2) is 0 Å². The molecule has 1 aromatic carbocycles. The van der Waals surface area contributed by atoms with E-state index in [1.807, 2.05) is 12.4 Å². The van der Waals surface area contributed by atoms with E-state index in [9.17, 15) is 0 Å². The first-order valence-corrected chi connectivity index (χ1v) is 8.86. The lowest BCUT2D eigenvalue weighted by atomic mass is 10.1. The quantitative estimate of drug-likeness (QED) is 0.657. The SMILES string of the molecule is CN(C)CCN(Cc1ccsc1)Cc1cccc2cnccc12. The van der Waals surface area contributed by atoms with Gasteiger partial charge >= 0.3 is 0 Å². The number of hydrogen-bond acceptors (Lipinski definition) is 4. The van der Waals surface area contributed by atoms with Gasteiger partial charge in [0.05, 0.1) is 0 Å². The number of benzene rings is 1. The number of hydrogen-bond donors (Lipinski definition) is 0.